The molecule has 0 aliphatic heterocycles. The van der Waals surface area contributed by atoms with Crippen LogP contribution >= 0.6 is 11.6 Å². The lowest BCUT2D eigenvalue weighted by Crippen LogP contribution is -2.52. The van der Waals surface area contributed by atoms with E-state index in [0.29, 0.717) is 17.1 Å². The molecule has 0 heterocycles. The predicted molar refractivity (Wildman–Crippen MR) is 100 cm³/mol. The number of benzene rings is 1. The van der Waals surface area contributed by atoms with Crippen LogP contribution in [0.25, 0.3) is 0 Å². The second-order valence-corrected chi connectivity index (χ2v) is 8.72. The molecule has 136 valence electrons. The maximum absolute atomic E-state index is 12.7. The van der Waals surface area contributed by atoms with E-state index in [-0.39, 0.29) is 17.9 Å². The van der Waals surface area contributed by atoms with Gasteiger partial charge in [-0.2, -0.15) is 0 Å². The Bertz CT molecular complexity index is 689. The Morgan fingerprint density at radius 2 is 1.88 bits per heavy atom. The first-order valence-electron chi connectivity index (χ1n) is 8.05. The zero-order valence-electron chi connectivity index (χ0n) is 15.1. The third-order valence-electron chi connectivity index (χ3n) is 4.11. The van der Waals surface area contributed by atoms with Gasteiger partial charge in [0.05, 0.1) is 11.9 Å². The van der Waals surface area contributed by atoms with Crippen LogP contribution in [0.2, 0.25) is 5.02 Å². The molecule has 0 aromatic heterocycles. The minimum Gasteiger partial charge on any atom is -0.352 e. The highest BCUT2D eigenvalue weighted by Crippen LogP contribution is 2.27. The van der Waals surface area contributed by atoms with Crippen molar-refractivity contribution in [3.05, 3.63) is 28.8 Å². The predicted octanol–water partition coefficient (Wildman–Crippen LogP) is 3.35. The summed E-state index contributed by atoms with van der Waals surface area (Å²) in [6, 6.07) is 4.13. The van der Waals surface area contributed by atoms with Crippen LogP contribution in [-0.2, 0) is 14.8 Å². The van der Waals surface area contributed by atoms with Gasteiger partial charge >= 0.3 is 0 Å². The number of hydrogen-bond acceptors (Lipinski definition) is 3. The van der Waals surface area contributed by atoms with Gasteiger partial charge in [0.15, 0.2) is 0 Å². The van der Waals surface area contributed by atoms with Crippen LogP contribution in [0.15, 0.2) is 18.2 Å². The molecule has 1 N–H and O–H groups in total. The first kappa shape index (κ1) is 20.8. The number of sulfonamides is 1. The second kappa shape index (κ2) is 8.21. The molecule has 7 heteroatoms. The van der Waals surface area contributed by atoms with Crippen molar-refractivity contribution in [2.45, 2.75) is 53.1 Å². The van der Waals surface area contributed by atoms with E-state index in [0.717, 1.165) is 16.1 Å². The summed E-state index contributed by atoms with van der Waals surface area (Å²) in [5.74, 6) is -0.0484. The highest BCUT2D eigenvalue weighted by atomic mass is 35.5. The van der Waals surface area contributed by atoms with E-state index in [1.807, 2.05) is 27.7 Å². The van der Waals surface area contributed by atoms with Crippen LogP contribution in [-0.4, -0.2) is 32.7 Å². The van der Waals surface area contributed by atoms with E-state index < -0.39 is 16.1 Å². The summed E-state index contributed by atoms with van der Waals surface area (Å²) in [5, 5.41) is 3.37. The molecule has 1 amide bonds. The Labute approximate surface area is 150 Å². The Morgan fingerprint density at radius 3 is 2.29 bits per heavy atom. The maximum Gasteiger partial charge on any atom is 0.244 e. The SMILES string of the molecule is CC[C@H](C(=O)N[C@@H](C)C(C)C)N(c1ccc(C)c(Cl)c1)S(C)(=O)=O. The lowest BCUT2D eigenvalue weighted by molar-refractivity contribution is -0.123. The van der Waals surface area contributed by atoms with Crippen LogP contribution < -0.4 is 9.62 Å². The van der Waals surface area contributed by atoms with Crippen LogP contribution in [0.4, 0.5) is 5.69 Å². The summed E-state index contributed by atoms with van der Waals surface area (Å²) in [7, 11) is -3.65. The quantitative estimate of drug-likeness (QED) is 0.795. The first-order chi connectivity index (χ1) is 11.0. The molecule has 24 heavy (non-hydrogen) atoms. The Hall–Kier alpha value is -1.27. The smallest absolute Gasteiger partial charge is 0.244 e. The zero-order chi connectivity index (χ0) is 18.7. The minimum absolute atomic E-state index is 0.0467. The molecule has 0 saturated carbocycles. The fraction of sp³-hybridized carbons (Fsp3) is 0.588. The van der Waals surface area contributed by atoms with Gasteiger partial charge in [-0.05, 0) is 43.9 Å². The Kier molecular flexibility index (Phi) is 7.10. The number of amides is 1. The van der Waals surface area contributed by atoms with Gasteiger partial charge in [-0.1, -0.05) is 38.4 Å². The second-order valence-electron chi connectivity index (χ2n) is 6.46. The van der Waals surface area contributed by atoms with Gasteiger partial charge in [-0.25, -0.2) is 8.42 Å². The van der Waals surface area contributed by atoms with Crippen molar-refractivity contribution in [1.29, 1.82) is 0 Å². The van der Waals surface area contributed by atoms with Gasteiger partial charge in [0.2, 0.25) is 15.9 Å². The van der Waals surface area contributed by atoms with E-state index >= 15 is 0 Å². The number of carbonyl (C=O) groups excluding carboxylic acids is 1. The van der Waals surface area contributed by atoms with Crippen molar-refractivity contribution in [3.8, 4) is 0 Å². The van der Waals surface area contributed by atoms with Gasteiger partial charge in [-0.15, -0.1) is 0 Å². The number of anilines is 1. The molecule has 0 fully saturated rings. The molecular weight excluding hydrogens is 348 g/mol. The molecule has 0 unspecified atom stereocenters. The fourth-order valence-electron chi connectivity index (χ4n) is 2.27. The van der Waals surface area contributed by atoms with Crippen molar-refractivity contribution in [1.82, 2.24) is 5.32 Å². The standard InChI is InChI=1S/C17H27ClN2O3S/c1-7-16(17(21)19-13(5)11(2)3)20(24(6,22)23)14-9-8-12(4)15(18)10-14/h8-11,13,16H,7H2,1-6H3,(H,19,21)/t13-,16+/m0/s1. The van der Waals surface area contributed by atoms with E-state index in [2.05, 4.69) is 5.32 Å². The van der Waals surface area contributed by atoms with Crippen LogP contribution in [0, 0.1) is 12.8 Å². The van der Waals surface area contributed by atoms with Crippen LogP contribution in [0.5, 0.6) is 0 Å². The summed E-state index contributed by atoms with van der Waals surface area (Å²) in [6.07, 6.45) is 1.46. The molecule has 0 saturated heterocycles. The topological polar surface area (TPSA) is 66.5 Å². The highest BCUT2D eigenvalue weighted by Gasteiger charge is 2.32. The van der Waals surface area contributed by atoms with Crippen molar-refractivity contribution in [2.24, 2.45) is 5.92 Å². The molecule has 5 nitrogen and oxygen atoms in total. The number of aryl methyl sites for hydroxylation is 1. The van der Waals surface area contributed by atoms with Gasteiger partial charge in [-0.3, -0.25) is 9.10 Å². The lowest BCUT2D eigenvalue weighted by atomic mass is 10.1. The Morgan fingerprint density at radius 1 is 1.29 bits per heavy atom. The van der Waals surface area contributed by atoms with Crippen molar-refractivity contribution in [3.63, 3.8) is 0 Å². The largest absolute Gasteiger partial charge is 0.352 e. The minimum atomic E-state index is -3.65. The summed E-state index contributed by atoms with van der Waals surface area (Å²) >= 11 is 6.14. The maximum atomic E-state index is 12.7. The molecule has 1 aromatic rings. The number of rotatable bonds is 7. The van der Waals surface area contributed by atoms with Gasteiger partial charge in [0.25, 0.3) is 0 Å². The van der Waals surface area contributed by atoms with Gasteiger partial charge < -0.3 is 5.32 Å². The number of nitrogens with zero attached hydrogens (tertiary/aromatic N) is 1. The normalized spacial score (nSPS) is 14.3. The molecule has 1 aromatic carbocycles. The van der Waals surface area contributed by atoms with E-state index in [1.54, 1.807) is 25.1 Å². The molecular formula is C17H27ClN2O3S. The zero-order valence-corrected chi connectivity index (χ0v) is 16.7. The molecule has 0 radical (unpaired) electrons. The molecule has 1 rings (SSSR count). The first-order valence-corrected chi connectivity index (χ1v) is 10.3. The summed E-state index contributed by atoms with van der Waals surface area (Å²) in [5.41, 5.74) is 1.24. The monoisotopic (exact) mass is 374 g/mol. The van der Waals surface area contributed by atoms with Crippen LogP contribution in [0.1, 0.15) is 39.7 Å². The van der Waals surface area contributed by atoms with E-state index in [1.165, 1.54) is 0 Å². The van der Waals surface area contributed by atoms with E-state index in [4.69, 9.17) is 11.6 Å². The number of nitrogens with one attached hydrogen (secondary N) is 1. The Balaban J connectivity index is 3.27. The number of carbonyl (C=O) groups is 1. The molecule has 0 aliphatic carbocycles. The third kappa shape index (κ3) is 5.11. The van der Waals surface area contributed by atoms with Gasteiger partial charge in [0.1, 0.15) is 6.04 Å². The van der Waals surface area contributed by atoms with Crippen molar-refractivity contribution in [2.75, 3.05) is 10.6 Å². The van der Waals surface area contributed by atoms with E-state index in [9.17, 15) is 13.2 Å². The molecule has 0 spiro atoms. The molecule has 0 aliphatic rings. The lowest BCUT2D eigenvalue weighted by Gasteiger charge is -2.31. The summed E-state index contributed by atoms with van der Waals surface area (Å²) < 4.78 is 25.9. The van der Waals surface area contributed by atoms with Crippen molar-refractivity contribution < 1.29 is 13.2 Å². The molecule has 0 bridgehead atoms. The molecule has 2 atom stereocenters. The van der Waals surface area contributed by atoms with Crippen LogP contribution in [0.3, 0.4) is 0 Å². The number of halogens is 1. The average molecular weight is 375 g/mol. The average Bonchev–Trinajstić information content (AvgIpc) is 2.46. The highest BCUT2D eigenvalue weighted by molar-refractivity contribution is 7.92. The van der Waals surface area contributed by atoms with Crippen molar-refractivity contribution >= 4 is 33.2 Å². The third-order valence-corrected chi connectivity index (χ3v) is 5.70. The van der Waals surface area contributed by atoms with Gasteiger partial charge in [0, 0.05) is 11.1 Å². The summed E-state index contributed by atoms with van der Waals surface area (Å²) in [4.78, 5) is 12.7. The number of hydrogen-bond donors (Lipinski definition) is 1. The fourth-order valence-corrected chi connectivity index (χ4v) is 3.64. The summed E-state index contributed by atoms with van der Waals surface area (Å²) in [6.45, 7) is 9.53.